The smallest absolute Gasteiger partial charge is 0.319 e. The molecular weight excluding hydrogens is 278 g/mol. The van der Waals surface area contributed by atoms with Crippen molar-refractivity contribution in [3.05, 3.63) is 33.1 Å². The number of nitrogens with zero attached hydrogens (tertiary/aromatic N) is 3. The monoisotopic (exact) mass is 287 g/mol. The van der Waals surface area contributed by atoms with E-state index in [2.05, 4.69) is 4.98 Å². The van der Waals surface area contributed by atoms with E-state index < -0.39 is 22.5 Å². The predicted octanol–water partition coefficient (Wildman–Crippen LogP) is 1.19. The van der Waals surface area contributed by atoms with E-state index in [1.807, 2.05) is 0 Å². The predicted molar refractivity (Wildman–Crippen MR) is 65.1 cm³/mol. The van der Waals surface area contributed by atoms with Crippen molar-refractivity contribution in [2.45, 2.75) is 6.42 Å². The van der Waals surface area contributed by atoms with Crippen LogP contribution in [0.15, 0.2) is 12.3 Å². The number of nitro groups is 1. The first-order valence-corrected chi connectivity index (χ1v) is 5.48. The van der Waals surface area contributed by atoms with Crippen LogP contribution in [-0.4, -0.2) is 45.4 Å². The van der Waals surface area contributed by atoms with E-state index in [4.69, 9.17) is 16.7 Å². The number of carbonyl (C=O) groups is 2. The van der Waals surface area contributed by atoms with Crippen LogP contribution >= 0.6 is 11.6 Å². The molecule has 8 nitrogen and oxygen atoms in total. The van der Waals surface area contributed by atoms with Crippen LogP contribution in [0.3, 0.4) is 0 Å². The van der Waals surface area contributed by atoms with E-state index >= 15 is 0 Å². The number of aromatic nitrogens is 1. The summed E-state index contributed by atoms with van der Waals surface area (Å²) in [6.45, 7) is -0.0642. The van der Waals surface area contributed by atoms with Gasteiger partial charge in [0, 0.05) is 19.8 Å². The molecule has 1 N–H and O–H groups in total. The molecule has 0 saturated heterocycles. The summed E-state index contributed by atoms with van der Waals surface area (Å²) in [4.78, 5) is 37.1. The highest BCUT2D eigenvalue weighted by atomic mass is 35.5. The average molecular weight is 288 g/mol. The Morgan fingerprint density at radius 2 is 2.21 bits per heavy atom. The number of amides is 1. The van der Waals surface area contributed by atoms with Crippen LogP contribution in [0.1, 0.15) is 16.8 Å². The third-order valence-electron chi connectivity index (χ3n) is 2.30. The summed E-state index contributed by atoms with van der Waals surface area (Å²) in [5, 5.41) is 19.0. The Labute approximate surface area is 112 Å². The SMILES string of the molecule is CN(CCC(=O)O)C(=O)c1ccnc(Cl)c1[N+](=O)[O-]. The topological polar surface area (TPSA) is 114 Å². The summed E-state index contributed by atoms with van der Waals surface area (Å²) in [5.41, 5.74) is -0.811. The first-order chi connectivity index (χ1) is 8.84. The number of rotatable bonds is 5. The number of carbonyl (C=O) groups excluding carboxylic acids is 1. The zero-order valence-electron chi connectivity index (χ0n) is 9.87. The van der Waals surface area contributed by atoms with Crippen molar-refractivity contribution in [3.63, 3.8) is 0 Å². The number of carboxylic acids is 1. The highest BCUT2D eigenvalue weighted by molar-refractivity contribution is 6.32. The van der Waals surface area contributed by atoms with Gasteiger partial charge in [0.2, 0.25) is 5.15 Å². The molecule has 1 aromatic rings. The van der Waals surface area contributed by atoms with Gasteiger partial charge in [0.1, 0.15) is 5.56 Å². The quantitative estimate of drug-likeness (QED) is 0.494. The van der Waals surface area contributed by atoms with Gasteiger partial charge in [-0.25, -0.2) is 4.98 Å². The number of aliphatic carboxylic acids is 1. The van der Waals surface area contributed by atoms with Gasteiger partial charge in [0.15, 0.2) is 0 Å². The molecule has 0 aromatic carbocycles. The molecule has 1 heterocycles. The number of pyridine rings is 1. The van der Waals surface area contributed by atoms with Gasteiger partial charge in [-0.05, 0) is 6.07 Å². The lowest BCUT2D eigenvalue weighted by atomic mass is 10.2. The third-order valence-corrected chi connectivity index (χ3v) is 2.58. The average Bonchev–Trinajstić information content (AvgIpc) is 2.34. The highest BCUT2D eigenvalue weighted by Gasteiger charge is 2.26. The number of hydrogen-bond acceptors (Lipinski definition) is 5. The normalized spacial score (nSPS) is 10.0. The van der Waals surface area contributed by atoms with Gasteiger partial charge < -0.3 is 10.0 Å². The second-order valence-electron chi connectivity index (χ2n) is 3.63. The Morgan fingerprint density at radius 3 is 2.74 bits per heavy atom. The molecule has 0 fully saturated rings. The van der Waals surface area contributed by atoms with Crippen LogP contribution in [0.2, 0.25) is 5.15 Å². The molecule has 1 rings (SSSR count). The Kier molecular flexibility index (Phi) is 4.76. The van der Waals surface area contributed by atoms with Crippen molar-refractivity contribution in [2.24, 2.45) is 0 Å². The van der Waals surface area contributed by atoms with E-state index in [-0.39, 0.29) is 23.7 Å². The van der Waals surface area contributed by atoms with Crippen molar-refractivity contribution < 1.29 is 19.6 Å². The van der Waals surface area contributed by atoms with E-state index in [0.717, 1.165) is 4.90 Å². The van der Waals surface area contributed by atoms with E-state index in [1.165, 1.54) is 19.3 Å². The third kappa shape index (κ3) is 3.62. The molecule has 0 bridgehead atoms. The molecule has 0 spiro atoms. The van der Waals surface area contributed by atoms with Crippen LogP contribution in [0.5, 0.6) is 0 Å². The largest absolute Gasteiger partial charge is 0.481 e. The number of hydrogen-bond donors (Lipinski definition) is 1. The highest BCUT2D eigenvalue weighted by Crippen LogP contribution is 2.26. The molecule has 102 valence electrons. The van der Waals surface area contributed by atoms with E-state index in [0.29, 0.717) is 0 Å². The van der Waals surface area contributed by atoms with Crippen molar-refractivity contribution in [3.8, 4) is 0 Å². The fraction of sp³-hybridized carbons (Fsp3) is 0.300. The fourth-order valence-electron chi connectivity index (χ4n) is 1.35. The lowest BCUT2D eigenvalue weighted by Gasteiger charge is -2.15. The molecule has 19 heavy (non-hydrogen) atoms. The maximum atomic E-state index is 12.0. The summed E-state index contributed by atoms with van der Waals surface area (Å²) in [6.07, 6.45) is 0.919. The van der Waals surface area contributed by atoms with E-state index in [1.54, 1.807) is 0 Å². The van der Waals surface area contributed by atoms with Crippen LogP contribution in [0.25, 0.3) is 0 Å². The van der Waals surface area contributed by atoms with Gasteiger partial charge in [-0.2, -0.15) is 0 Å². The summed E-state index contributed by atoms with van der Waals surface area (Å²) in [5.74, 6) is -1.75. The zero-order valence-corrected chi connectivity index (χ0v) is 10.6. The molecule has 9 heteroatoms. The van der Waals surface area contributed by atoms with Crippen molar-refractivity contribution in [2.75, 3.05) is 13.6 Å². The maximum Gasteiger partial charge on any atom is 0.319 e. The molecule has 1 aromatic heterocycles. The summed E-state index contributed by atoms with van der Waals surface area (Å²) in [7, 11) is 1.35. The minimum Gasteiger partial charge on any atom is -0.481 e. The Morgan fingerprint density at radius 1 is 1.58 bits per heavy atom. The van der Waals surface area contributed by atoms with Crippen LogP contribution < -0.4 is 0 Å². The van der Waals surface area contributed by atoms with Gasteiger partial charge in [-0.3, -0.25) is 19.7 Å². The van der Waals surface area contributed by atoms with Crippen molar-refractivity contribution in [1.29, 1.82) is 0 Å². The fourth-order valence-corrected chi connectivity index (χ4v) is 1.57. The minimum atomic E-state index is -1.07. The second kappa shape index (κ2) is 6.10. The molecule has 0 radical (unpaired) electrons. The maximum absolute atomic E-state index is 12.0. The van der Waals surface area contributed by atoms with Crippen LogP contribution in [-0.2, 0) is 4.79 Å². The zero-order chi connectivity index (χ0) is 14.6. The summed E-state index contributed by atoms with van der Waals surface area (Å²) < 4.78 is 0. The molecule has 0 atom stereocenters. The summed E-state index contributed by atoms with van der Waals surface area (Å²) in [6, 6.07) is 1.17. The first kappa shape index (κ1) is 14.8. The lowest BCUT2D eigenvalue weighted by Crippen LogP contribution is -2.29. The van der Waals surface area contributed by atoms with Crippen molar-refractivity contribution >= 4 is 29.2 Å². The Balaban J connectivity index is 3.03. The van der Waals surface area contributed by atoms with Gasteiger partial charge in [-0.1, -0.05) is 11.6 Å². The van der Waals surface area contributed by atoms with Crippen LogP contribution in [0, 0.1) is 10.1 Å². The Bertz CT molecular complexity index is 534. The standard InChI is InChI=1S/C10H10ClN3O5/c1-13(5-3-7(15)16)10(17)6-2-4-12-9(11)8(6)14(18)19/h2,4H,3,5H2,1H3,(H,15,16). The Hall–Kier alpha value is -2.22. The lowest BCUT2D eigenvalue weighted by molar-refractivity contribution is -0.385. The molecule has 1 amide bonds. The summed E-state index contributed by atoms with van der Waals surface area (Å²) >= 11 is 5.58. The number of halogens is 1. The molecule has 0 aliphatic heterocycles. The van der Waals surface area contributed by atoms with Gasteiger partial charge >= 0.3 is 11.7 Å². The molecule has 0 unspecified atom stereocenters. The van der Waals surface area contributed by atoms with Crippen molar-refractivity contribution in [1.82, 2.24) is 9.88 Å². The van der Waals surface area contributed by atoms with E-state index in [9.17, 15) is 19.7 Å². The molecule has 0 aliphatic carbocycles. The van der Waals surface area contributed by atoms with Gasteiger partial charge in [0.05, 0.1) is 11.3 Å². The minimum absolute atomic E-state index is 0.0642. The van der Waals surface area contributed by atoms with Gasteiger partial charge in [-0.15, -0.1) is 0 Å². The molecular formula is C10H10ClN3O5. The molecule has 0 aliphatic rings. The van der Waals surface area contributed by atoms with Crippen LogP contribution in [0.4, 0.5) is 5.69 Å². The number of carboxylic acid groups (broad SMARTS) is 1. The van der Waals surface area contributed by atoms with Gasteiger partial charge in [0.25, 0.3) is 5.91 Å². The second-order valence-corrected chi connectivity index (χ2v) is 3.98. The molecule has 0 saturated carbocycles. The first-order valence-electron chi connectivity index (χ1n) is 5.10.